The molecule has 0 bridgehead atoms. The van der Waals surface area contributed by atoms with E-state index in [4.69, 9.17) is 9.47 Å². The third-order valence-electron chi connectivity index (χ3n) is 3.42. The molecule has 6 nitrogen and oxygen atoms in total. The average molecular weight is 317 g/mol. The Bertz CT molecular complexity index is 480. The number of ether oxygens (including phenoxy) is 2. The van der Waals surface area contributed by atoms with Crippen LogP contribution in [0.5, 0.6) is 11.5 Å². The number of aliphatic hydroxyl groups excluding tert-OH is 1. The van der Waals surface area contributed by atoms with E-state index in [0.717, 1.165) is 0 Å². The second-order valence-electron chi connectivity index (χ2n) is 4.72. The number of halogens is 1. The molecule has 1 aromatic rings. The van der Waals surface area contributed by atoms with Crippen LogP contribution in [0.4, 0.5) is 0 Å². The van der Waals surface area contributed by atoms with Crippen LogP contribution >= 0.6 is 12.4 Å². The summed E-state index contributed by atoms with van der Waals surface area (Å²) in [5.41, 5.74) is 0.596. The molecule has 0 radical (unpaired) electrons. The SMILES string of the molecule is COc1ccc(OC)c(C(O)CNC(=O)C2CNC2)c1.Cl. The number of nitrogens with one attached hydrogen (secondary N) is 2. The highest BCUT2D eigenvalue weighted by molar-refractivity contribution is 5.85. The van der Waals surface area contributed by atoms with Crippen molar-refractivity contribution in [2.75, 3.05) is 33.9 Å². The van der Waals surface area contributed by atoms with E-state index in [0.29, 0.717) is 30.2 Å². The number of hydrogen-bond acceptors (Lipinski definition) is 5. The van der Waals surface area contributed by atoms with E-state index in [1.165, 1.54) is 7.11 Å². The second kappa shape index (κ2) is 8.07. The smallest absolute Gasteiger partial charge is 0.225 e. The van der Waals surface area contributed by atoms with Crippen LogP contribution in [-0.4, -0.2) is 44.9 Å². The van der Waals surface area contributed by atoms with E-state index in [1.54, 1.807) is 25.3 Å². The minimum absolute atomic E-state index is 0. The van der Waals surface area contributed by atoms with E-state index in [-0.39, 0.29) is 30.8 Å². The Kier molecular flexibility index (Phi) is 6.74. The summed E-state index contributed by atoms with van der Waals surface area (Å²) in [5, 5.41) is 16.0. The molecule has 118 valence electrons. The zero-order valence-corrected chi connectivity index (χ0v) is 12.9. The lowest BCUT2D eigenvalue weighted by atomic mass is 10.0. The molecule has 0 aromatic heterocycles. The highest BCUT2D eigenvalue weighted by atomic mass is 35.5. The first-order valence-corrected chi connectivity index (χ1v) is 6.54. The van der Waals surface area contributed by atoms with Gasteiger partial charge in [-0.3, -0.25) is 4.79 Å². The van der Waals surface area contributed by atoms with Crippen LogP contribution in [0, 0.1) is 5.92 Å². The maximum atomic E-state index is 11.7. The molecular formula is C14H21ClN2O4. The van der Waals surface area contributed by atoms with Crippen molar-refractivity contribution in [3.05, 3.63) is 23.8 Å². The summed E-state index contributed by atoms with van der Waals surface area (Å²) < 4.78 is 10.3. The Balaban J connectivity index is 0.00000220. The number of amides is 1. The standard InChI is InChI=1S/C14H20N2O4.ClH/c1-19-10-3-4-13(20-2)11(5-10)12(17)8-16-14(18)9-6-15-7-9;/h3-5,9,12,15,17H,6-8H2,1-2H3,(H,16,18);1H. The molecule has 1 aliphatic heterocycles. The summed E-state index contributed by atoms with van der Waals surface area (Å²) in [6.45, 7) is 1.55. The first kappa shape index (κ1) is 17.6. The van der Waals surface area contributed by atoms with Crippen LogP contribution in [-0.2, 0) is 4.79 Å². The van der Waals surface area contributed by atoms with Gasteiger partial charge in [0.1, 0.15) is 11.5 Å². The van der Waals surface area contributed by atoms with Gasteiger partial charge in [-0.2, -0.15) is 0 Å². The third-order valence-corrected chi connectivity index (χ3v) is 3.42. The number of hydrogen-bond donors (Lipinski definition) is 3. The van der Waals surface area contributed by atoms with Crippen molar-refractivity contribution in [3.8, 4) is 11.5 Å². The molecule has 1 fully saturated rings. The molecule has 1 amide bonds. The average Bonchev–Trinajstić information content (AvgIpc) is 2.42. The maximum absolute atomic E-state index is 11.7. The molecule has 0 spiro atoms. The monoisotopic (exact) mass is 316 g/mol. The topological polar surface area (TPSA) is 79.8 Å². The summed E-state index contributed by atoms with van der Waals surface area (Å²) in [5.74, 6) is 1.17. The first-order valence-electron chi connectivity index (χ1n) is 6.54. The Hall–Kier alpha value is -1.50. The number of benzene rings is 1. The molecule has 0 saturated carbocycles. The predicted octanol–water partition coefficient (Wildman–Crippen LogP) is 0.495. The molecule has 1 aromatic carbocycles. The van der Waals surface area contributed by atoms with E-state index in [9.17, 15) is 9.90 Å². The molecule has 3 N–H and O–H groups in total. The van der Waals surface area contributed by atoms with Gasteiger partial charge in [-0.25, -0.2) is 0 Å². The van der Waals surface area contributed by atoms with Crippen molar-refractivity contribution in [1.29, 1.82) is 0 Å². The van der Waals surface area contributed by atoms with Gasteiger partial charge in [0.2, 0.25) is 5.91 Å². The summed E-state index contributed by atoms with van der Waals surface area (Å²) in [7, 11) is 3.10. The number of methoxy groups -OCH3 is 2. The lowest BCUT2D eigenvalue weighted by Crippen LogP contribution is -2.51. The van der Waals surface area contributed by atoms with E-state index >= 15 is 0 Å². The van der Waals surface area contributed by atoms with Gasteiger partial charge in [0.15, 0.2) is 0 Å². The van der Waals surface area contributed by atoms with Gasteiger partial charge in [-0.05, 0) is 18.2 Å². The van der Waals surface area contributed by atoms with Gasteiger partial charge in [-0.15, -0.1) is 12.4 Å². The first-order chi connectivity index (χ1) is 9.65. The van der Waals surface area contributed by atoms with E-state index in [2.05, 4.69) is 10.6 Å². The molecule has 1 heterocycles. The summed E-state index contributed by atoms with van der Waals surface area (Å²) in [4.78, 5) is 11.7. The van der Waals surface area contributed by atoms with Crippen molar-refractivity contribution >= 4 is 18.3 Å². The van der Waals surface area contributed by atoms with Crippen LogP contribution in [0.2, 0.25) is 0 Å². The van der Waals surface area contributed by atoms with Gasteiger partial charge in [0.05, 0.1) is 26.2 Å². The normalized spacial score (nSPS) is 15.4. The van der Waals surface area contributed by atoms with Crippen molar-refractivity contribution in [2.45, 2.75) is 6.10 Å². The van der Waals surface area contributed by atoms with Crippen molar-refractivity contribution < 1.29 is 19.4 Å². The summed E-state index contributed by atoms with van der Waals surface area (Å²) in [6.07, 6.45) is -0.836. The molecule has 2 rings (SSSR count). The fraction of sp³-hybridized carbons (Fsp3) is 0.500. The fourth-order valence-corrected chi connectivity index (χ4v) is 2.03. The summed E-state index contributed by atoms with van der Waals surface area (Å²) in [6, 6.07) is 5.20. The second-order valence-corrected chi connectivity index (χ2v) is 4.72. The Morgan fingerprint density at radius 3 is 2.67 bits per heavy atom. The lowest BCUT2D eigenvalue weighted by molar-refractivity contribution is -0.126. The van der Waals surface area contributed by atoms with Crippen molar-refractivity contribution in [3.63, 3.8) is 0 Å². The largest absolute Gasteiger partial charge is 0.497 e. The van der Waals surface area contributed by atoms with E-state index in [1.807, 2.05) is 0 Å². The zero-order chi connectivity index (χ0) is 14.5. The number of carbonyl (C=O) groups is 1. The number of rotatable bonds is 6. The number of aliphatic hydroxyl groups is 1. The highest BCUT2D eigenvalue weighted by Gasteiger charge is 2.25. The van der Waals surface area contributed by atoms with Gasteiger partial charge >= 0.3 is 0 Å². The summed E-state index contributed by atoms with van der Waals surface area (Å²) >= 11 is 0. The Morgan fingerprint density at radius 1 is 1.43 bits per heavy atom. The quantitative estimate of drug-likeness (QED) is 0.712. The Morgan fingerprint density at radius 2 is 2.14 bits per heavy atom. The lowest BCUT2D eigenvalue weighted by Gasteiger charge is -2.26. The molecule has 21 heavy (non-hydrogen) atoms. The predicted molar refractivity (Wildman–Crippen MR) is 81.1 cm³/mol. The van der Waals surface area contributed by atoms with Gasteiger partial charge in [0.25, 0.3) is 0 Å². The third kappa shape index (κ3) is 4.23. The molecule has 1 aliphatic rings. The molecule has 0 aliphatic carbocycles. The molecule has 7 heteroatoms. The van der Waals surface area contributed by atoms with Gasteiger partial charge < -0.3 is 25.2 Å². The minimum Gasteiger partial charge on any atom is -0.497 e. The van der Waals surface area contributed by atoms with Crippen LogP contribution in [0.1, 0.15) is 11.7 Å². The highest BCUT2D eigenvalue weighted by Crippen LogP contribution is 2.29. The molecule has 1 unspecified atom stereocenters. The van der Waals surface area contributed by atoms with Gasteiger partial charge in [-0.1, -0.05) is 0 Å². The Labute approximate surface area is 130 Å². The molecule has 1 saturated heterocycles. The van der Waals surface area contributed by atoms with Crippen molar-refractivity contribution in [1.82, 2.24) is 10.6 Å². The molecular weight excluding hydrogens is 296 g/mol. The fourth-order valence-electron chi connectivity index (χ4n) is 2.03. The maximum Gasteiger partial charge on any atom is 0.225 e. The van der Waals surface area contributed by atoms with Crippen LogP contribution < -0.4 is 20.1 Å². The minimum atomic E-state index is -0.836. The van der Waals surface area contributed by atoms with Crippen LogP contribution in [0.3, 0.4) is 0 Å². The number of carbonyl (C=O) groups excluding carboxylic acids is 1. The molecule has 1 atom stereocenters. The van der Waals surface area contributed by atoms with Crippen LogP contribution in [0.25, 0.3) is 0 Å². The van der Waals surface area contributed by atoms with Crippen molar-refractivity contribution in [2.24, 2.45) is 5.92 Å². The van der Waals surface area contributed by atoms with E-state index < -0.39 is 6.10 Å². The zero-order valence-electron chi connectivity index (χ0n) is 12.1. The van der Waals surface area contributed by atoms with Crippen LogP contribution in [0.15, 0.2) is 18.2 Å². The van der Waals surface area contributed by atoms with Gasteiger partial charge in [0, 0.05) is 25.2 Å².